The maximum atomic E-state index is 12.1. The summed E-state index contributed by atoms with van der Waals surface area (Å²) < 4.78 is 11.3. The summed E-state index contributed by atoms with van der Waals surface area (Å²) in [5.41, 5.74) is 0. The molecule has 1 N–H and O–H groups in total. The normalized spacial score (nSPS) is 12.3. The molecule has 0 saturated heterocycles. The highest BCUT2D eigenvalue weighted by Crippen LogP contribution is 2.25. The topological polar surface area (TPSA) is 47.6 Å². The molecule has 0 bridgehead atoms. The Hall–Kier alpha value is -2.07. The van der Waals surface area contributed by atoms with Gasteiger partial charge in [-0.05, 0) is 38.6 Å². The van der Waals surface area contributed by atoms with Crippen molar-refractivity contribution in [3.8, 4) is 5.75 Å². The first-order chi connectivity index (χ1) is 11.1. The zero-order valence-electron chi connectivity index (χ0n) is 14.0. The van der Waals surface area contributed by atoms with Crippen molar-refractivity contribution in [2.75, 3.05) is 13.2 Å². The number of nitrogens with one attached hydrogen (secondary N) is 1. The van der Waals surface area contributed by atoms with Crippen LogP contribution in [0.3, 0.4) is 0 Å². The van der Waals surface area contributed by atoms with E-state index in [9.17, 15) is 4.79 Å². The van der Waals surface area contributed by atoms with Crippen LogP contribution in [0.25, 0.3) is 10.8 Å². The van der Waals surface area contributed by atoms with E-state index in [2.05, 4.69) is 5.32 Å². The maximum Gasteiger partial charge on any atom is 0.260 e. The average molecular weight is 315 g/mol. The van der Waals surface area contributed by atoms with E-state index < -0.39 is 6.10 Å². The van der Waals surface area contributed by atoms with Gasteiger partial charge in [0, 0.05) is 18.5 Å². The monoisotopic (exact) mass is 315 g/mol. The molecule has 23 heavy (non-hydrogen) atoms. The molecule has 0 spiro atoms. The van der Waals surface area contributed by atoms with Gasteiger partial charge in [-0.15, -0.1) is 0 Å². The Bertz CT molecular complexity index is 634. The van der Waals surface area contributed by atoms with Gasteiger partial charge in [0.05, 0.1) is 6.10 Å². The zero-order valence-corrected chi connectivity index (χ0v) is 14.0. The van der Waals surface area contributed by atoms with Crippen molar-refractivity contribution in [1.29, 1.82) is 0 Å². The number of rotatable bonds is 8. The molecule has 1 unspecified atom stereocenters. The van der Waals surface area contributed by atoms with E-state index in [1.54, 1.807) is 6.92 Å². The lowest BCUT2D eigenvalue weighted by Crippen LogP contribution is -2.37. The first-order valence-corrected chi connectivity index (χ1v) is 8.11. The fraction of sp³-hybridized carbons (Fsp3) is 0.421. The van der Waals surface area contributed by atoms with Gasteiger partial charge in [0.2, 0.25) is 0 Å². The number of fused-ring (bicyclic) bond motifs is 1. The van der Waals surface area contributed by atoms with Gasteiger partial charge in [0.1, 0.15) is 5.75 Å². The molecule has 2 rings (SSSR count). The second kappa shape index (κ2) is 8.53. The lowest BCUT2D eigenvalue weighted by atomic mass is 10.1. The number of hydrogen-bond donors (Lipinski definition) is 1. The molecule has 0 radical (unpaired) electrons. The molecular weight excluding hydrogens is 290 g/mol. The summed E-state index contributed by atoms with van der Waals surface area (Å²) in [6.07, 6.45) is 0.483. The summed E-state index contributed by atoms with van der Waals surface area (Å²) in [5.74, 6) is 0.622. The third-order valence-corrected chi connectivity index (χ3v) is 3.49. The van der Waals surface area contributed by atoms with Crippen molar-refractivity contribution >= 4 is 16.7 Å². The maximum absolute atomic E-state index is 12.1. The Morgan fingerprint density at radius 3 is 2.61 bits per heavy atom. The molecule has 124 valence electrons. The number of carbonyl (C=O) groups excluding carboxylic acids is 1. The summed E-state index contributed by atoms with van der Waals surface area (Å²) in [5, 5.41) is 4.99. The van der Waals surface area contributed by atoms with Crippen molar-refractivity contribution in [3.05, 3.63) is 42.5 Å². The summed E-state index contributed by atoms with van der Waals surface area (Å²) >= 11 is 0. The molecule has 0 saturated carbocycles. The van der Waals surface area contributed by atoms with Crippen LogP contribution < -0.4 is 10.1 Å². The molecule has 0 aliphatic carbocycles. The molecule has 4 nitrogen and oxygen atoms in total. The van der Waals surface area contributed by atoms with Gasteiger partial charge in [-0.3, -0.25) is 4.79 Å². The zero-order chi connectivity index (χ0) is 16.7. The van der Waals surface area contributed by atoms with E-state index >= 15 is 0 Å². The van der Waals surface area contributed by atoms with Crippen LogP contribution in [0.4, 0.5) is 0 Å². The standard InChI is InChI=1S/C19H25NO3/c1-14(2)22-13-7-12-20-19(21)15(3)23-18-11-6-9-16-8-4-5-10-17(16)18/h4-6,8-11,14-15H,7,12-13H2,1-3H3,(H,20,21). The predicted octanol–water partition coefficient (Wildman–Crippen LogP) is 3.54. The number of carbonyl (C=O) groups is 1. The van der Waals surface area contributed by atoms with Crippen molar-refractivity contribution in [2.45, 2.75) is 39.4 Å². The smallest absolute Gasteiger partial charge is 0.260 e. The van der Waals surface area contributed by atoms with Gasteiger partial charge in [0.15, 0.2) is 6.10 Å². The van der Waals surface area contributed by atoms with E-state index in [1.165, 1.54) is 0 Å². The van der Waals surface area contributed by atoms with Gasteiger partial charge in [0.25, 0.3) is 5.91 Å². The SMILES string of the molecule is CC(C)OCCCNC(=O)C(C)Oc1cccc2ccccc12. The van der Waals surface area contributed by atoms with Crippen LogP contribution in [-0.2, 0) is 9.53 Å². The molecule has 0 aliphatic rings. The molecule has 0 aromatic heterocycles. The van der Waals surface area contributed by atoms with Gasteiger partial charge >= 0.3 is 0 Å². The lowest BCUT2D eigenvalue weighted by Gasteiger charge is -2.16. The molecule has 1 atom stereocenters. The second-order valence-corrected chi connectivity index (χ2v) is 5.80. The van der Waals surface area contributed by atoms with Crippen molar-refractivity contribution in [1.82, 2.24) is 5.32 Å². The number of hydrogen-bond acceptors (Lipinski definition) is 3. The van der Waals surface area contributed by atoms with Crippen molar-refractivity contribution < 1.29 is 14.3 Å². The van der Waals surface area contributed by atoms with Crippen LogP contribution in [-0.4, -0.2) is 31.3 Å². The van der Waals surface area contributed by atoms with E-state index in [-0.39, 0.29) is 12.0 Å². The largest absolute Gasteiger partial charge is 0.480 e. The molecule has 4 heteroatoms. The third kappa shape index (κ3) is 5.25. The highest BCUT2D eigenvalue weighted by molar-refractivity contribution is 5.89. The Morgan fingerprint density at radius 2 is 1.83 bits per heavy atom. The van der Waals surface area contributed by atoms with Gasteiger partial charge in [-0.25, -0.2) is 0 Å². The summed E-state index contributed by atoms with van der Waals surface area (Å²) in [7, 11) is 0. The number of amides is 1. The van der Waals surface area contributed by atoms with Crippen molar-refractivity contribution in [3.63, 3.8) is 0 Å². The minimum atomic E-state index is -0.535. The third-order valence-electron chi connectivity index (χ3n) is 3.49. The predicted molar refractivity (Wildman–Crippen MR) is 92.8 cm³/mol. The Kier molecular flexibility index (Phi) is 6.41. The molecule has 2 aromatic carbocycles. The van der Waals surface area contributed by atoms with Gasteiger partial charge < -0.3 is 14.8 Å². The van der Waals surface area contributed by atoms with Crippen LogP contribution in [0.1, 0.15) is 27.2 Å². The fourth-order valence-electron chi connectivity index (χ4n) is 2.29. The number of benzene rings is 2. The molecule has 0 fully saturated rings. The molecule has 0 aliphatic heterocycles. The lowest BCUT2D eigenvalue weighted by molar-refractivity contribution is -0.127. The minimum absolute atomic E-state index is 0.109. The first-order valence-electron chi connectivity index (χ1n) is 8.11. The number of ether oxygens (including phenoxy) is 2. The van der Waals surface area contributed by atoms with E-state index in [1.807, 2.05) is 56.3 Å². The summed E-state index contributed by atoms with van der Waals surface area (Å²) in [6.45, 7) is 7.00. The van der Waals surface area contributed by atoms with Crippen LogP contribution >= 0.6 is 0 Å². The average Bonchev–Trinajstić information content (AvgIpc) is 2.54. The van der Waals surface area contributed by atoms with Crippen LogP contribution in [0.15, 0.2) is 42.5 Å². The van der Waals surface area contributed by atoms with E-state index in [4.69, 9.17) is 9.47 Å². The van der Waals surface area contributed by atoms with Crippen molar-refractivity contribution in [2.24, 2.45) is 0 Å². The molecule has 1 amide bonds. The highest BCUT2D eigenvalue weighted by Gasteiger charge is 2.15. The molecule has 2 aromatic rings. The van der Waals surface area contributed by atoms with Crippen LogP contribution in [0.5, 0.6) is 5.75 Å². The minimum Gasteiger partial charge on any atom is -0.480 e. The van der Waals surface area contributed by atoms with E-state index in [0.717, 1.165) is 22.9 Å². The fourth-order valence-corrected chi connectivity index (χ4v) is 2.29. The van der Waals surface area contributed by atoms with Gasteiger partial charge in [-0.1, -0.05) is 36.4 Å². The van der Waals surface area contributed by atoms with Gasteiger partial charge in [-0.2, -0.15) is 0 Å². The van der Waals surface area contributed by atoms with Crippen LogP contribution in [0, 0.1) is 0 Å². The first kappa shape index (κ1) is 17.3. The van der Waals surface area contributed by atoms with Crippen LogP contribution in [0.2, 0.25) is 0 Å². The summed E-state index contributed by atoms with van der Waals surface area (Å²) in [4.78, 5) is 12.1. The molecule has 0 heterocycles. The molecular formula is C19H25NO3. The summed E-state index contributed by atoms with van der Waals surface area (Å²) in [6, 6.07) is 13.8. The quantitative estimate of drug-likeness (QED) is 0.758. The Balaban J connectivity index is 1.85. The Morgan fingerprint density at radius 1 is 1.09 bits per heavy atom. The second-order valence-electron chi connectivity index (χ2n) is 5.80. The van der Waals surface area contributed by atoms with E-state index in [0.29, 0.717) is 13.2 Å². The highest BCUT2D eigenvalue weighted by atomic mass is 16.5. The Labute approximate surface area is 137 Å².